The maximum atomic E-state index is 12.0. The van der Waals surface area contributed by atoms with Crippen LogP contribution in [0.3, 0.4) is 0 Å². The Morgan fingerprint density at radius 3 is 2.50 bits per heavy atom. The SMILES string of the molecule is Cc1ccc(S(=O)(=O)NCCNCc2cccs2)cc1. The van der Waals surface area contributed by atoms with Crippen LogP contribution in [0.2, 0.25) is 0 Å². The Bertz CT molecular complexity index is 620. The normalized spacial score (nSPS) is 11.7. The molecule has 20 heavy (non-hydrogen) atoms. The first-order valence-corrected chi connectivity index (χ1v) is 8.74. The summed E-state index contributed by atoms with van der Waals surface area (Å²) in [5.74, 6) is 0. The van der Waals surface area contributed by atoms with E-state index in [4.69, 9.17) is 0 Å². The predicted molar refractivity (Wildman–Crippen MR) is 82.4 cm³/mol. The van der Waals surface area contributed by atoms with Gasteiger partial charge in [0.05, 0.1) is 4.90 Å². The summed E-state index contributed by atoms with van der Waals surface area (Å²) in [4.78, 5) is 1.55. The molecular formula is C14H18N2O2S2. The van der Waals surface area contributed by atoms with Gasteiger partial charge in [0.1, 0.15) is 0 Å². The first-order chi connectivity index (χ1) is 9.58. The van der Waals surface area contributed by atoms with Crippen molar-refractivity contribution in [3.8, 4) is 0 Å². The molecule has 0 amide bonds. The molecule has 1 aromatic heterocycles. The van der Waals surface area contributed by atoms with E-state index in [9.17, 15) is 8.42 Å². The zero-order chi connectivity index (χ0) is 14.4. The van der Waals surface area contributed by atoms with E-state index >= 15 is 0 Å². The van der Waals surface area contributed by atoms with E-state index < -0.39 is 10.0 Å². The molecule has 0 bridgehead atoms. The summed E-state index contributed by atoms with van der Waals surface area (Å²) < 4.78 is 26.6. The van der Waals surface area contributed by atoms with Crippen LogP contribution in [0.4, 0.5) is 0 Å². The van der Waals surface area contributed by atoms with Crippen molar-refractivity contribution in [3.63, 3.8) is 0 Å². The highest BCUT2D eigenvalue weighted by Crippen LogP contribution is 2.09. The van der Waals surface area contributed by atoms with Crippen LogP contribution in [-0.2, 0) is 16.6 Å². The smallest absolute Gasteiger partial charge is 0.240 e. The van der Waals surface area contributed by atoms with E-state index in [0.29, 0.717) is 18.0 Å². The zero-order valence-electron chi connectivity index (χ0n) is 11.3. The van der Waals surface area contributed by atoms with Gasteiger partial charge < -0.3 is 5.32 Å². The molecule has 1 aromatic carbocycles. The van der Waals surface area contributed by atoms with E-state index in [0.717, 1.165) is 12.1 Å². The largest absolute Gasteiger partial charge is 0.311 e. The first-order valence-electron chi connectivity index (χ1n) is 6.37. The number of hydrogen-bond acceptors (Lipinski definition) is 4. The molecule has 0 radical (unpaired) electrons. The fourth-order valence-corrected chi connectivity index (χ4v) is 3.41. The number of benzene rings is 1. The van der Waals surface area contributed by atoms with E-state index in [1.807, 2.05) is 24.4 Å². The van der Waals surface area contributed by atoms with E-state index in [1.165, 1.54) is 4.88 Å². The van der Waals surface area contributed by atoms with Gasteiger partial charge in [0.25, 0.3) is 0 Å². The molecule has 2 aromatic rings. The number of aryl methyl sites for hydroxylation is 1. The minimum atomic E-state index is -3.40. The van der Waals surface area contributed by atoms with Crippen LogP contribution in [0.1, 0.15) is 10.4 Å². The third-order valence-corrected chi connectivity index (χ3v) is 5.16. The molecule has 0 aliphatic carbocycles. The van der Waals surface area contributed by atoms with Gasteiger partial charge in [-0.25, -0.2) is 13.1 Å². The van der Waals surface area contributed by atoms with E-state index in [2.05, 4.69) is 10.0 Å². The Hall–Kier alpha value is -1.21. The number of thiophene rings is 1. The topological polar surface area (TPSA) is 58.2 Å². The van der Waals surface area contributed by atoms with Crippen molar-refractivity contribution in [1.29, 1.82) is 0 Å². The second-order valence-electron chi connectivity index (χ2n) is 4.47. The van der Waals surface area contributed by atoms with Gasteiger partial charge >= 0.3 is 0 Å². The van der Waals surface area contributed by atoms with E-state index in [1.54, 1.807) is 35.6 Å². The molecule has 6 heteroatoms. The van der Waals surface area contributed by atoms with Gasteiger partial charge in [0, 0.05) is 24.5 Å². The van der Waals surface area contributed by atoms with Crippen LogP contribution < -0.4 is 10.0 Å². The van der Waals surface area contributed by atoms with Crippen molar-refractivity contribution in [2.24, 2.45) is 0 Å². The Morgan fingerprint density at radius 2 is 1.85 bits per heavy atom. The van der Waals surface area contributed by atoms with Gasteiger partial charge in [-0.3, -0.25) is 0 Å². The molecule has 0 fully saturated rings. The van der Waals surface area contributed by atoms with Crippen molar-refractivity contribution < 1.29 is 8.42 Å². The van der Waals surface area contributed by atoms with Crippen LogP contribution >= 0.6 is 11.3 Å². The molecule has 0 unspecified atom stereocenters. The highest BCUT2D eigenvalue weighted by atomic mass is 32.2. The lowest BCUT2D eigenvalue weighted by Crippen LogP contribution is -2.31. The van der Waals surface area contributed by atoms with Gasteiger partial charge in [0.2, 0.25) is 10.0 Å². The maximum absolute atomic E-state index is 12.0. The summed E-state index contributed by atoms with van der Waals surface area (Å²) in [6.07, 6.45) is 0. The Balaban J connectivity index is 1.76. The second-order valence-corrected chi connectivity index (χ2v) is 7.27. The Kier molecular flexibility index (Phi) is 5.31. The summed E-state index contributed by atoms with van der Waals surface area (Å²) in [6.45, 7) is 3.67. The molecule has 2 N–H and O–H groups in total. The lowest BCUT2D eigenvalue weighted by Gasteiger charge is -2.07. The lowest BCUT2D eigenvalue weighted by atomic mass is 10.2. The third kappa shape index (κ3) is 4.42. The maximum Gasteiger partial charge on any atom is 0.240 e. The van der Waals surface area contributed by atoms with Crippen LogP contribution in [0.25, 0.3) is 0 Å². The molecule has 0 aliphatic heterocycles. The highest BCUT2D eigenvalue weighted by Gasteiger charge is 2.12. The summed E-state index contributed by atoms with van der Waals surface area (Å²) in [5, 5.41) is 5.23. The Morgan fingerprint density at radius 1 is 1.10 bits per heavy atom. The minimum Gasteiger partial charge on any atom is -0.311 e. The predicted octanol–water partition coefficient (Wildman–Crippen LogP) is 2.12. The first kappa shape index (κ1) is 15.2. The number of sulfonamides is 1. The molecule has 0 aliphatic rings. The molecule has 0 atom stereocenters. The van der Waals surface area contributed by atoms with E-state index in [-0.39, 0.29) is 0 Å². The molecule has 0 saturated heterocycles. The summed E-state index contributed by atoms with van der Waals surface area (Å²) in [5.41, 5.74) is 1.04. The van der Waals surface area contributed by atoms with Crippen LogP contribution in [0.5, 0.6) is 0 Å². The lowest BCUT2D eigenvalue weighted by molar-refractivity contribution is 0.576. The van der Waals surface area contributed by atoms with Crippen LogP contribution in [-0.4, -0.2) is 21.5 Å². The number of rotatable bonds is 7. The summed E-state index contributed by atoms with van der Waals surface area (Å²) >= 11 is 1.68. The average molecular weight is 310 g/mol. The van der Waals surface area contributed by atoms with Gasteiger partial charge in [-0.05, 0) is 30.5 Å². The minimum absolute atomic E-state index is 0.307. The van der Waals surface area contributed by atoms with Gasteiger partial charge in [-0.2, -0.15) is 0 Å². The number of nitrogens with one attached hydrogen (secondary N) is 2. The highest BCUT2D eigenvalue weighted by molar-refractivity contribution is 7.89. The monoisotopic (exact) mass is 310 g/mol. The van der Waals surface area contributed by atoms with Crippen molar-refractivity contribution in [1.82, 2.24) is 10.0 Å². The average Bonchev–Trinajstić information content (AvgIpc) is 2.92. The van der Waals surface area contributed by atoms with Crippen LogP contribution in [0, 0.1) is 6.92 Å². The molecule has 0 saturated carbocycles. The molecular weight excluding hydrogens is 292 g/mol. The summed E-state index contributed by atoms with van der Waals surface area (Å²) in [7, 11) is -3.40. The van der Waals surface area contributed by atoms with Crippen molar-refractivity contribution in [2.45, 2.75) is 18.4 Å². The molecule has 2 rings (SSSR count). The quantitative estimate of drug-likeness (QED) is 0.770. The molecule has 0 spiro atoms. The zero-order valence-corrected chi connectivity index (χ0v) is 12.9. The van der Waals surface area contributed by atoms with Crippen molar-refractivity contribution in [3.05, 3.63) is 52.2 Å². The fraction of sp³-hybridized carbons (Fsp3) is 0.286. The fourth-order valence-electron chi connectivity index (χ4n) is 1.70. The standard InChI is InChI=1S/C14H18N2O2S2/c1-12-4-6-14(7-5-12)20(17,18)16-9-8-15-11-13-3-2-10-19-13/h2-7,10,15-16H,8-9,11H2,1H3. The van der Waals surface area contributed by atoms with Crippen LogP contribution in [0.15, 0.2) is 46.7 Å². The summed E-state index contributed by atoms with van der Waals surface area (Å²) in [6, 6.07) is 10.9. The molecule has 108 valence electrons. The van der Waals surface area contributed by atoms with Gasteiger partial charge in [0.15, 0.2) is 0 Å². The van der Waals surface area contributed by atoms with Crippen molar-refractivity contribution in [2.75, 3.05) is 13.1 Å². The Labute approximate surface area is 123 Å². The van der Waals surface area contributed by atoms with Crippen molar-refractivity contribution >= 4 is 21.4 Å². The molecule has 4 nitrogen and oxygen atoms in total. The van der Waals surface area contributed by atoms with Gasteiger partial charge in [-0.1, -0.05) is 23.8 Å². The number of hydrogen-bond donors (Lipinski definition) is 2. The van der Waals surface area contributed by atoms with Gasteiger partial charge in [-0.15, -0.1) is 11.3 Å². The third-order valence-electron chi connectivity index (χ3n) is 2.80. The second kappa shape index (κ2) is 6.99. The molecule has 1 heterocycles.